The number of piperidine rings is 1. The largest absolute Gasteiger partial charge is 0.331 e. The molecule has 1 saturated heterocycles. The lowest BCUT2D eigenvalue weighted by Gasteiger charge is -2.33. The summed E-state index contributed by atoms with van der Waals surface area (Å²) in [4.78, 5) is 4.41. The normalized spacial score (nSPS) is 28.8. The predicted molar refractivity (Wildman–Crippen MR) is 73.7 cm³/mol. The number of nitrogens with zero attached hydrogens (tertiary/aromatic N) is 2. The molecule has 3 heteroatoms. The van der Waals surface area contributed by atoms with Crippen LogP contribution in [0.15, 0.2) is 12.5 Å². The molecule has 1 aliphatic heterocycles. The van der Waals surface area contributed by atoms with Crippen LogP contribution in [-0.2, 0) is 0 Å². The maximum absolute atomic E-state index is 4.41. The molecule has 100 valence electrons. The zero-order valence-electron chi connectivity index (χ0n) is 11.6. The fraction of sp³-hybridized carbons (Fsp3) is 0.800. The number of hydrogen-bond acceptors (Lipinski definition) is 2. The van der Waals surface area contributed by atoms with Crippen LogP contribution < -0.4 is 5.32 Å². The highest BCUT2D eigenvalue weighted by Gasteiger charge is 2.32. The standard InChI is InChI=1S/C15H25N3/c1-11(2)7-12-8-16-6-5-14(12)15-9-17-10-18(15)13-3-4-13/h9-14,16H,3-8H2,1-2H3. The Morgan fingerprint density at radius 2 is 2.22 bits per heavy atom. The molecule has 0 aromatic carbocycles. The lowest BCUT2D eigenvalue weighted by atomic mass is 9.79. The van der Waals surface area contributed by atoms with E-state index in [2.05, 4.69) is 41.2 Å². The number of aromatic nitrogens is 2. The molecule has 1 aromatic heterocycles. The Bertz CT molecular complexity index is 392. The molecule has 2 atom stereocenters. The Labute approximate surface area is 110 Å². The van der Waals surface area contributed by atoms with Crippen LogP contribution in [0.5, 0.6) is 0 Å². The van der Waals surface area contributed by atoms with Crippen molar-refractivity contribution >= 4 is 0 Å². The van der Waals surface area contributed by atoms with Crippen molar-refractivity contribution in [1.29, 1.82) is 0 Å². The smallest absolute Gasteiger partial charge is 0.0950 e. The van der Waals surface area contributed by atoms with E-state index >= 15 is 0 Å². The molecule has 18 heavy (non-hydrogen) atoms. The van der Waals surface area contributed by atoms with Gasteiger partial charge < -0.3 is 9.88 Å². The summed E-state index contributed by atoms with van der Waals surface area (Å²) in [7, 11) is 0. The molecule has 2 aliphatic rings. The topological polar surface area (TPSA) is 29.9 Å². The molecule has 1 N–H and O–H groups in total. The van der Waals surface area contributed by atoms with E-state index in [0.717, 1.165) is 30.3 Å². The molecule has 1 aromatic rings. The van der Waals surface area contributed by atoms with Crippen LogP contribution in [0.3, 0.4) is 0 Å². The first-order valence-corrected chi connectivity index (χ1v) is 7.48. The number of nitrogens with one attached hydrogen (secondary N) is 1. The molecule has 0 bridgehead atoms. The number of rotatable bonds is 4. The molecule has 2 heterocycles. The molecule has 0 spiro atoms. The maximum atomic E-state index is 4.41. The van der Waals surface area contributed by atoms with Crippen LogP contribution in [-0.4, -0.2) is 22.6 Å². The maximum Gasteiger partial charge on any atom is 0.0950 e. The number of imidazole rings is 1. The van der Waals surface area contributed by atoms with Crippen molar-refractivity contribution in [2.45, 2.75) is 51.5 Å². The molecule has 3 nitrogen and oxygen atoms in total. The van der Waals surface area contributed by atoms with E-state index in [1.165, 1.54) is 37.9 Å². The summed E-state index contributed by atoms with van der Waals surface area (Å²) in [5, 5.41) is 3.57. The minimum absolute atomic E-state index is 0.719. The van der Waals surface area contributed by atoms with Crippen molar-refractivity contribution in [1.82, 2.24) is 14.9 Å². The van der Waals surface area contributed by atoms with E-state index in [1.54, 1.807) is 0 Å². The van der Waals surface area contributed by atoms with Crippen LogP contribution in [0.25, 0.3) is 0 Å². The summed E-state index contributed by atoms with van der Waals surface area (Å²) in [6, 6.07) is 0.761. The van der Waals surface area contributed by atoms with E-state index in [1.807, 2.05) is 0 Å². The van der Waals surface area contributed by atoms with Crippen LogP contribution in [0, 0.1) is 11.8 Å². The summed E-state index contributed by atoms with van der Waals surface area (Å²) < 4.78 is 2.46. The fourth-order valence-corrected chi connectivity index (χ4v) is 3.43. The highest BCUT2D eigenvalue weighted by atomic mass is 15.1. The first-order valence-electron chi connectivity index (χ1n) is 7.48. The van der Waals surface area contributed by atoms with Gasteiger partial charge in [0.25, 0.3) is 0 Å². The van der Waals surface area contributed by atoms with Gasteiger partial charge in [-0.15, -0.1) is 0 Å². The molecular weight excluding hydrogens is 222 g/mol. The lowest BCUT2D eigenvalue weighted by Crippen LogP contribution is -2.36. The second-order valence-electron chi connectivity index (χ2n) is 6.45. The van der Waals surface area contributed by atoms with Crippen molar-refractivity contribution in [2.75, 3.05) is 13.1 Å². The van der Waals surface area contributed by atoms with Crippen LogP contribution >= 0.6 is 0 Å². The quantitative estimate of drug-likeness (QED) is 0.886. The third-order valence-corrected chi connectivity index (χ3v) is 4.40. The average molecular weight is 247 g/mol. The van der Waals surface area contributed by atoms with Gasteiger partial charge in [0.2, 0.25) is 0 Å². The molecule has 2 fully saturated rings. The van der Waals surface area contributed by atoms with Crippen LogP contribution in [0.4, 0.5) is 0 Å². The van der Waals surface area contributed by atoms with E-state index in [4.69, 9.17) is 0 Å². The Hall–Kier alpha value is -0.830. The summed E-state index contributed by atoms with van der Waals surface area (Å²) >= 11 is 0. The van der Waals surface area contributed by atoms with Crippen molar-refractivity contribution < 1.29 is 0 Å². The SMILES string of the molecule is CC(C)CC1CNCCC1c1cncn1C1CC1. The predicted octanol–water partition coefficient (Wildman–Crippen LogP) is 2.96. The van der Waals surface area contributed by atoms with Gasteiger partial charge >= 0.3 is 0 Å². The molecule has 2 unspecified atom stereocenters. The monoisotopic (exact) mass is 247 g/mol. The van der Waals surface area contributed by atoms with Gasteiger partial charge in [0.15, 0.2) is 0 Å². The highest BCUT2D eigenvalue weighted by molar-refractivity contribution is 5.12. The summed E-state index contributed by atoms with van der Waals surface area (Å²) in [6.45, 7) is 7.02. The molecular formula is C15H25N3. The van der Waals surface area contributed by atoms with Crippen molar-refractivity contribution in [3.8, 4) is 0 Å². The number of hydrogen-bond donors (Lipinski definition) is 1. The van der Waals surface area contributed by atoms with E-state index in [0.29, 0.717) is 0 Å². The van der Waals surface area contributed by atoms with Gasteiger partial charge in [-0.3, -0.25) is 0 Å². The Morgan fingerprint density at radius 1 is 1.39 bits per heavy atom. The zero-order valence-corrected chi connectivity index (χ0v) is 11.6. The third-order valence-electron chi connectivity index (χ3n) is 4.40. The van der Waals surface area contributed by atoms with Crippen LogP contribution in [0.1, 0.15) is 57.2 Å². The molecule has 1 aliphatic carbocycles. The van der Waals surface area contributed by atoms with Crippen molar-refractivity contribution in [3.05, 3.63) is 18.2 Å². The van der Waals surface area contributed by atoms with Crippen LogP contribution in [0.2, 0.25) is 0 Å². The van der Waals surface area contributed by atoms with E-state index in [9.17, 15) is 0 Å². The minimum atomic E-state index is 0.719. The van der Waals surface area contributed by atoms with Gasteiger partial charge in [-0.2, -0.15) is 0 Å². The van der Waals surface area contributed by atoms with Gasteiger partial charge in [-0.25, -0.2) is 4.98 Å². The molecule has 3 rings (SSSR count). The second-order valence-corrected chi connectivity index (χ2v) is 6.45. The van der Waals surface area contributed by atoms with Gasteiger partial charge in [0, 0.05) is 23.9 Å². The second kappa shape index (κ2) is 5.04. The first kappa shape index (κ1) is 12.2. The van der Waals surface area contributed by atoms with Gasteiger partial charge in [0.05, 0.1) is 6.33 Å². The molecule has 0 amide bonds. The van der Waals surface area contributed by atoms with Crippen molar-refractivity contribution in [2.24, 2.45) is 11.8 Å². The molecule has 1 saturated carbocycles. The highest BCUT2D eigenvalue weighted by Crippen LogP contribution is 2.41. The Kier molecular flexibility index (Phi) is 3.42. The minimum Gasteiger partial charge on any atom is -0.331 e. The van der Waals surface area contributed by atoms with Gasteiger partial charge in [-0.1, -0.05) is 13.8 Å². The van der Waals surface area contributed by atoms with E-state index in [-0.39, 0.29) is 0 Å². The summed E-state index contributed by atoms with van der Waals surface area (Å²) in [6.07, 6.45) is 9.48. The third kappa shape index (κ3) is 2.46. The zero-order chi connectivity index (χ0) is 12.5. The Balaban J connectivity index is 1.80. The van der Waals surface area contributed by atoms with E-state index < -0.39 is 0 Å². The van der Waals surface area contributed by atoms with Gasteiger partial charge in [-0.05, 0) is 50.6 Å². The lowest BCUT2D eigenvalue weighted by molar-refractivity contribution is 0.271. The first-order chi connectivity index (χ1) is 8.75. The summed E-state index contributed by atoms with van der Waals surface area (Å²) in [5.41, 5.74) is 1.50. The summed E-state index contributed by atoms with van der Waals surface area (Å²) in [5.74, 6) is 2.29. The fourth-order valence-electron chi connectivity index (χ4n) is 3.43. The van der Waals surface area contributed by atoms with Gasteiger partial charge in [0.1, 0.15) is 0 Å². The Morgan fingerprint density at radius 3 is 2.94 bits per heavy atom. The van der Waals surface area contributed by atoms with Crippen molar-refractivity contribution in [3.63, 3.8) is 0 Å². The molecule has 0 radical (unpaired) electrons. The average Bonchev–Trinajstić information content (AvgIpc) is 3.08.